The maximum atomic E-state index is 12.8. The van der Waals surface area contributed by atoms with Crippen LogP contribution in [0.1, 0.15) is 40.8 Å². The van der Waals surface area contributed by atoms with Gasteiger partial charge < -0.3 is 13.8 Å². The van der Waals surface area contributed by atoms with E-state index in [4.69, 9.17) is 8.94 Å². The van der Waals surface area contributed by atoms with E-state index in [2.05, 4.69) is 10.1 Å². The van der Waals surface area contributed by atoms with Crippen LogP contribution in [-0.4, -0.2) is 34.0 Å². The molecule has 2 aromatic heterocycles. The number of hydrogen-bond donors (Lipinski definition) is 0. The molecular formula is C19H19N3O3. The molecule has 1 aliphatic rings. The number of nitrogens with zero attached hydrogens (tertiary/aromatic N) is 3. The van der Waals surface area contributed by atoms with Crippen LogP contribution < -0.4 is 0 Å². The molecule has 1 amide bonds. The van der Waals surface area contributed by atoms with Crippen LogP contribution in [0.25, 0.3) is 11.3 Å². The number of aryl methyl sites for hydroxylation is 1. The summed E-state index contributed by atoms with van der Waals surface area (Å²) in [5.74, 6) is 2.23. The first-order chi connectivity index (χ1) is 12.2. The largest absolute Gasteiger partial charge is 0.464 e. The van der Waals surface area contributed by atoms with Gasteiger partial charge in [-0.05, 0) is 37.1 Å². The Bertz CT molecular complexity index is 852. The lowest BCUT2D eigenvalue weighted by atomic mass is 9.96. The van der Waals surface area contributed by atoms with E-state index >= 15 is 0 Å². The molecule has 3 aromatic rings. The second kappa shape index (κ2) is 6.55. The van der Waals surface area contributed by atoms with E-state index in [-0.39, 0.29) is 11.8 Å². The van der Waals surface area contributed by atoms with Crippen LogP contribution in [0.5, 0.6) is 0 Å². The van der Waals surface area contributed by atoms with Crippen molar-refractivity contribution >= 4 is 5.91 Å². The van der Waals surface area contributed by atoms with Crippen LogP contribution in [0.2, 0.25) is 0 Å². The van der Waals surface area contributed by atoms with Crippen molar-refractivity contribution in [1.29, 1.82) is 0 Å². The van der Waals surface area contributed by atoms with Gasteiger partial charge in [0.15, 0.2) is 5.82 Å². The molecule has 1 aliphatic heterocycles. The number of aromatic nitrogens is 2. The number of benzene rings is 1. The number of carbonyl (C=O) groups excluding carboxylic acids is 1. The maximum Gasteiger partial charge on any atom is 0.253 e. The SMILES string of the molecule is Cc1nc(C2CCCN(C(=O)c3ccc(-c4ccco4)cc3)C2)no1. The first-order valence-corrected chi connectivity index (χ1v) is 8.44. The van der Waals surface area contributed by atoms with Crippen LogP contribution in [-0.2, 0) is 0 Å². The van der Waals surface area contributed by atoms with Gasteiger partial charge in [-0.1, -0.05) is 17.3 Å². The summed E-state index contributed by atoms with van der Waals surface area (Å²) in [4.78, 5) is 19.0. The zero-order chi connectivity index (χ0) is 17.2. The number of rotatable bonds is 3. The molecule has 0 N–H and O–H groups in total. The molecule has 0 radical (unpaired) electrons. The van der Waals surface area contributed by atoms with Crippen LogP contribution in [0.15, 0.2) is 51.6 Å². The Kier molecular flexibility index (Phi) is 4.09. The van der Waals surface area contributed by atoms with E-state index in [9.17, 15) is 4.79 Å². The fourth-order valence-corrected chi connectivity index (χ4v) is 3.26. The van der Waals surface area contributed by atoms with Gasteiger partial charge in [-0.3, -0.25) is 4.79 Å². The van der Waals surface area contributed by atoms with Gasteiger partial charge in [-0.15, -0.1) is 0 Å². The number of carbonyl (C=O) groups is 1. The van der Waals surface area contributed by atoms with E-state index in [1.807, 2.05) is 41.3 Å². The standard InChI is InChI=1S/C19H19N3O3/c1-13-20-18(21-25-13)16-4-2-10-22(12-16)19(23)15-8-6-14(7-9-15)17-5-3-11-24-17/h3,5-9,11,16H,2,4,10,12H2,1H3. The Labute approximate surface area is 145 Å². The molecular weight excluding hydrogens is 318 g/mol. The molecule has 25 heavy (non-hydrogen) atoms. The van der Waals surface area contributed by atoms with Crippen molar-refractivity contribution in [1.82, 2.24) is 15.0 Å². The molecule has 128 valence electrons. The first-order valence-electron chi connectivity index (χ1n) is 8.44. The predicted molar refractivity (Wildman–Crippen MR) is 91.1 cm³/mol. The Balaban J connectivity index is 1.48. The van der Waals surface area contributed by atoms with Gasteiger partial charge in [0.05, 0.1) is 6.26 Å². The fourth-order valence-electron chi connectivity index (χ4n) is 3.26. The molecule has 3 heterocycles. The van der Waals surface area contributed by atoms with E-state index in [0.717, 1.165) is 30.7 Å². The van der Waals surface area contributed by atoms with Crippen molar-refractivity contribution in [2.75, 3.05) is 13.1 Å². The smallest absolute Gasteiger partial charge is 0.253 e. The highest BCUT2D eigenvalue weighted by Gasteiger charge is 2.28. The third-order valence-corrected chi connectivity index (χ3v) is 4.55. The monoisotopic (exact) mass is 337 g/mol. The first kappa shape index (κ1) is 15.6. The number of furan rings is 1. The van der Waals surface area contributed by atoms with Crippen molar-refractivity contribution in [3.8, 4) is 11.3 Å². The minimum atomic E-state index is 0.0379. The maximum absolute atomic E-state index is 12.8. The van der Waals surface area contributed by atoms with Crippen LogP contribution in [0, 0.1) is 6.92 Å². The van der Waals surface area contributed by atoms with E-state index in [1.165, 1.54) is 0 Å². The molecule has 0 saturated carbocycles. The summed E-state index contributed by atoms with van der Waals surface area (Å²) < 4.78 is 10.5. The summed E-state index contributed by atoms with van der Waals surface area (Å²) >= 11 is 0. The molecule has 1 unspecified atom stereocenters. The van der Waals surface area contributed by atoms with E-state index in [0.29, 0.717) is 23.8 Å². The van der Waals surface area contributed by atoms with Crippen LogP contribution in [0.4, 0.5) is 0 Å². The van der Waals surface area contributed by atoms with Gasteiger partial charge in [0.1, 0.15) is 5.76 Å². The summed E-state index contributed by atoms with van der Waals surface area (Å²) in [7, 11) is 0. The molecule has 1 aromatic carbocycles. The molecule has 4 rings (SSSR count). The highest BCUT2D eigenvalue weighted by atomic mass is 16.5. The lowest BCUT2D eigenvalue weighted by molar-refractivity contribution is 0.0703. The lowest BCUT2D eigenvalue weighted by Gasteiger charge is -2.31. The second-order valence-electron chi connectivity index (χ2n) is 6.32. The Morgan fingerprint density at radius 1 is 1.24 bits per heavy atom. The summed E-state index contributed by atoms with van der Waals surface area (Å²) in [6, 6.07) is 11.3. The van der Waals surface area contributed by atoms with Crippen molar-refractivity contribution < 1.29 is 13.7 Å². The minimum absolute atomic E-state index is 0.0379. The average Bonchev–Trinajstić information content (AvgIpc) is 3.33. The molecule has 0 spiro atoms. The van der Waals surface area contributed by atoms with Gasteiger partial charge in [0.25, 0.3) is 5.91 Å². The summed E-state index contributed by atoms with van der Waals surface area (Å²) in [5, 5.41) is 4.01. The minimum Gasteiger partial charge on any atom is -0.464 e. The molecule has 1 atom stereocenters. The van der Waals surface area contributed by atoms with E-state index < -0.39 is 0 Å². The third kappa shape index (κ3) is 3.20. The lowest BCUT2D eigenvalue weighted by Crippen LogP contribution is -2.39. The predicted octanol–water partition coefficient (Wildman–Crippen LogP) is 3.66. The highest BCUT2D eigenvalue weighted by molar-refractivity contribution is 5.94. The van der Waals surface area contributed by atoms with Crippen LogP contribution >= 0.6 is 0 Å². The Morgan fingerprint density at radius 2 is 2.08 bits per heavy atom. The van der Waals surface area contributed by atoms with Gasteiger partial charge in [0, 0.05) is 37.1 Å². The number of hydrogen-bond acceptors (Lipinski definition) is 5. The zero-order valence-electron chi connectivity index (χ0n) is 14.0. The van der Waals surface area contributed by atoms with Gasteiger partial charge in [-0.25, -0.2) is 0 Å². The number of amides is 1. The zero-order valence-corrected chi connectivity index (χ0v) is 14.0. The molecule has 1 fully saturated rings. The normalized spacial score (nSPS) is 17.6. The third-order valence-electron chi connectivity index (χ3n) is 4.55. The van der Waals surface area contributed by atoms with Gasteiger partial charge in [-0.2, -0.15) is 4.98 Å². The van der Waals surface area contributed by atoms with Crippen molar-refractivity contribution in [3.05, 3.63) is 59.9 Å². The molecule has 6 heteroatoms. The van der Waals surface area contributed by atoms with E-state index in [1.54, 1.807) is 13.2 Å². The Hall–Kier alpha value is -2.89. The molecule has 1 saturated heterocycles. The fraction of sp³-hybridized carbons (Fsp3) is 0.316. The van der Waals surface area contributed by atoms with Crippen molar-refractivity contribution in [2.45, 2.75) is 25.7 Å². The summed E-state index contributed by atoms with van der Waals surface area (Å²) in [6.45, 7) is 3.16. The average molecular weight is 337 g/mol. The quantitative estimate of drug-likeness (QED) is 0.729. The Morgan fingerprint density at radius 3 is 2.76 bits per heavy atom. The van der Waals surface area contributed by atoms with Gasteiger partial charge >= 0.3 is 0 Å². The second-order valence-corrected chi connectivity index (χ2v) is 6.32. The van der Waals surface area contributed by atoms with Crippen LogP contribution in [0.3, 0.4) is 0 Å². The number of likely N-dealkylation sites (tertiary alicyclic amines) is 1. The molecule has 6 nitrogen and oxygen atoms in total. The molecule has 0 aliphatic carbocycles. The summed E-state index contributed by atoms with van der Waals surface area (Å²) in [5.41, 5.74) is 1.64. The topological polar surface area (TPSA) is 72.4 Å². The van der Waals surface area contributed by atoms with Crippen molar-refractivity contribution in [2.24, 2.45) is 0 Å². The number of piperidine rings is 1. The summed E-state index contributed by atoms with van der Waals surface area (Å²) in [6.07, 6.45) is 3.55. The van der Waals surface area contributed by atoms with Gasteiger partial charge in [0.2, 0.25) is 5.89 Å². The molecule has 0 bridgehead atoms. The van der Waals surface area contributed by atoms with Crippen molar-refractivity contribution in [3.63, 3.8) is 0 Å². The highest BCUT2D eigenvalue weighted by Crippen LogP contribution is 2.26.